The van der Waals surface area contributed by atoms with E-state index >= 15 is 0 Å². The van der Waals surface area contributed by atoms with E-state index < -0.39 is 29.9 Å². The molecule has 0 aromatic heterocycles. The summed E-state index contributed by atoms with van der Waals surface area (Å²) in [7, 11) is 0. The van der Waals surface area contributed by atoms with E-state index in [9.17, 15) is 23.1 Å². The van der Waals surface area contributed by atoms with Gasteiger partial charge >= 0.3 is 6.18 Å². The van der Waals surface area contributed by atoms with Crippen LogP contribution in [0.2, 0.25) is 0 Å². The van der Waals surface area contributed by atoms with Gasteiger partial charge in [-0.3, -0.25) is 4.79 Å². The van der Waals surface area contributed by atoms with Crippen molar-refractivity contribution in [2.45, 2.75) is 37.8 Å². The third-order valence-electron chi connectivity index (χ3n) is 4.77. The fraction of sp³-hybridized carbons (Fsp3) is 0.333. The number of amidine groups is 1. The van der Waals surface area contributed by atoms with Gasteiger partial charge in [-0.15, -0.1) is 0 Å². The van der Waals surface area contributed by atoms with Crippen LogP contribution in [-0.4, -0.2) is 29.6 Å². The average molecular weight is 421 g/mol. The van der Waals surface area contributed by atoms with Crippen LogP contribution in [0.15, 0.2) is 53.5 Å². The number of hydrogen-bond acceptors (Lipinski definition) is 5. The van der Waals surface area contributed by atoms with Crippen LogP contribution < -0.4 is 11.1 Å². The summed E-state index contributed by atoms with van der Waals surface area (Å²) in [4.78, 5) is 15.2. The highest BCUT2D eigenvalue weighted by molar-refractivity contribution is 5.98. The first-order valence-electron chi connectivity index (χ1n) is 9.35. The summed E-state index contributed by atoms with van der Waals surface area (Å²) < 4.78 is 43.6. The van der Waals surface area contributed by atoms with Gasteiger partial charge in [0.25, 0.3) is 11.9 Å². The van der Waals surface area contributed by atoms with E-state index in [2.05, 4.69) is 10.3 Å². The van der Waals surface area contributed by atoms with E-state index in [1.54, 1.807) is 12.1 Å². The number of aliphatic imine (C=N–C) groups is 1. The average Bonchev–Trinajstić information content (AvgIpc) is 3.04. The normalized spacial score (nSPS) is 18.6. The monoisotopic (exact) mass is 421 g/mol. The van der Waals surface area contributed by atoms with E-state index in [0.29, 0.717) is 12.0 Å². The van der Waals surface area contributed by atoms with Crippen LogP contribution in [0.5, 0.6) is 0 Å². The van der Waals surface area contributed by atoms with Gasteiger partial charge in [0, 0.05) is 18.2 Å². The van der Waals surface area contributed by atoms with Crippen molar-refractivity contribution in [2.75, 3.05) is 6.54 Å². The number of aliphatic hydroxyl groups is 1. The molecule has 0 bridgehead atoms. The highest BCUT2D eigenvalue weighted by Gasteiger charge is 2.31. The van der Waals surface area contributed by atoms with Crippen molar-refractivity contribution >= 4 is 11.9 Å². The molecule has 0 radical (unpaired) electrons. The van der Waals surface area contributed by atoms with Crippen LogP contribution in [0.4, 0.5) is 13.2 Å². The lowest BCUT2D eigenvalue weighted by Crippen LogP contribution is -2.32. The predicted molar refractivity (Wildman–Crippen MR) is 104 cm³/mol. The largest absolute Gasteiger partial charge is 0.447 e. The molecule has 0 saturated carbocycles. The molecule has 6 nitrogen and oxygen atoms in total. The maximum absolute atomic E-state index is 12.8. The Hall–Kier alpha value is -2.91. The van der Waals surface area contributed by atoms with E-state index in [0.717, 1.165) is 17.7 Å². The van der Waals surface area contributed by atoms with Crippen molar-refractivity contribution in [1.82, 2.24) is 5.32 Å². The maximum atomic E-state index is 12.8. The number of carbonyl (C=O) groups excluding carboxylic acids is 1. The number of ether oxygens (including phenoxy) is 1. The molecule has 3 atom stereocenters. The SMILES string of the molecule is CC(Cc1ccc(C2OC(N)=NC2=O)cc1)NCC(O)c1cccc(C(F)(F)F)c1. The Morgan fingerprint density at radius 3 is 2.53 bits per heavy atom. The lowest BCUT2D eigenvalue weighted by molar-refractivity contribution is -0.137. The molecule has 30 heavy (non-hydrogen) atoms. The summed E-state index contributed by atoms with van der Waals surface area (Å²) in [5.74, 6) is -0.445. The van der Waals surface area contributed by atoms with Crippen molar-refractivity contribution in [2.24, 2.45) is 10.7 Å². The number of rotatable bonds is 7. The number of benzene rings is 2. The van der Waals surface area contributed by atoms with Crippen LogP contribution in [0.1, 0.15) is 41.4 Å². The fourth-order valence-electron chi connectivity index (χ4n) is 3.18. The number of aliphatic hydroxyl groups excluding tert-OH is 1. The number of amides is 1. The molecule has 2 aromatic rings. The summed E-state index contributed by atoms with van der Waals surface area (Å²) >= 11 is 0. The quantitative estimate of drug-likeness (QED) is 0.639. The van der Waals surface area contributed by atoms with Crippen molar-refractivity contribution in [3.63, 3.8) is 0 Å². The molecule has 1 amide bonds. The molecular weight excluding hydrogens is 399 g/mol. The minimum absolute atomic E-state index is 0.0420. The molecule has 0 spiro atoms. The van der Waals surface area contributed by atoms with Gasteiger partial charge in [0.15, 0.2) is 0 Å². The summed E-state index contributed by atoms with van der Waals surface area (Å²) in [6.45, 7) is 2.02. The Bertz CT molecular complexity index is 929. The van der Waals surface area contributed by atoms with Gasteiger partial charge in [-0.1, -0.05) is 36.4 Å². The molecule has 0 fully saturated rings. The molecule has 9 heteroatoms. The lowest BCUT2D eigenvalue weighted by atomic mass is 10.0. The van der Waals surface area contributed by atoms with Gasteiger partial charge in [-0.05, 0) is 36.6 Å². The van der Waals surface area contributed by atoms with Crippen LogP contribution in [0.25, 0.3) is 0 Å². The lowest BCUT2D eigenvalue weighted by Gasteiger charge is -2.19. The zero-order valence-electron chi connectivity index (χ0n) is 16.2. The van der Waals surface area contributed by atoms with E-state index in [1.165, 1.54) is 12.1 Å². The molecule has 1 aliphatic heterocycles. The first kappa shape index (κ1) is 21.8. The summed E-state index contributed by atoms with van der Waals surface area (Å²) in [6.07, 6.45) is -5.72. The second-order valence-corrected chi connectivity index (χ2v) is 7.18. The number of hydrogen-bond donors (Lipinski definition) is 3. The fourth-order valence-corrected chi connectivity index (χ4v) is 3.18. The van der Waals surface area contributed by atoms with Crippen LogP contribution in [0.3, 0.4) is 0 Å². The first-order chi connectivity index (χ1) is 14.1. The Morgan fingerprint density at radius 1 is 1.23 bits per heavy atom. The number of carbonyl (C=O) groups is 1. The second-order valence-electron chi connectivity index (χ2n) is 7.18. The van der Waals surface area contributed by atoms with Crippen molar-refractivity contribution in [3.05, 3.63) is 70.8 Å². The highest BCUT2D eigenvalue weighted by Crippen LogP contribution is 2.30. The van der Waals surface area contributed by atoms with Gasteiger partial charge in [0.05, 0.1) is 11.7 Å². The van der Waals surface area contributed by atoms with Crippen LogP contribution in [-0.2, 0) is 22.1 Å². The Labute approximate surface area is 171 Å². The Morgan fingerprint density at radius 2 is 1.93 bits per heavy atom. The third kappa shape index (κ3) is 5.37. The van der Waals surface area contributed by atoms with E-state index in [-0.39, 0.29) is 24.2 Å². The number of nitrogens with one attached hydrogen (secondary N) is 1. The molecule has 1 aliphatic rings. The van der Waals surface area contributed by atoms with Gasteiger partial charge in [-0.25, -0.2) is 0 Å². The summed E-state index contributed by atoms with van der Waals surface area (Å²) in [6, 6.07) is 11.7. The first-order valence-corrected chi connectivity index (χ1v) is 9.35. The molecule has 1 heterocycles. The molecule has 4 N–H and O–H groups in total. The van der Waals surface area contributed by atoms with Crippen LogP contribution in [0, 0.1) is 0 Å². The predicted octanol–water partition coefficient (Wildman–Crippen LogP) is 2.87. The van der Waals surface area contributed by atoms with Gasteiger partial charge in [0.1, 0.15) is 0 Å². The molecule has 0 aliphatic carbocycles. The third-order valence-corrected chi connectivity index (χ3v) is 4.77. The van der Waals surface area contributed by atoms with E-state index in [4.69, 9.17) is 10.5 Å². The minimum Gasteiger partial charge on any atom is -0.447 e. The Kier molecular flexibility index (Phi) is 6.42. The highest BCUT2D eigenvalue weighted by atomic mass is 19.4. The second kappa shape index (κ2) is 8.85. The smallest absolute Gasteiger partial charge is 0.416 e. The van der Waals surface area contributed by atoms with Gasteiger partial charge in [-0.2, -0.15) is 18.2 Å². The Balaban J connectivity index is 1.52. The summed E-state index contributed by atoms with van der Waals surface area (Å²) in [5.41, 5.74) is 6.44. The van der Waals surface area contributed by atoms with Gasteiger partial charge in [0.2, 0.25) is 6.10 Å². The van der Waals surface area contributed by atoms with Gasteiger partial charge < -0.3 is 20.9 Å². The minimum atomic E-state index is -4.45. The molecule has 160 valence electrons. The maximum Gasteiger partial charge on any atom is 0.416 e. The molecule has 3 rings (SSSR count). The van der Waals surface area contributed by atoms with Crippen LogP contribution >= 0.6 is 0 Å². The van der Waals surface area contributed by atoms with E-state index in [1.807, 2.05) is 19.1 Å². The molecule has 0 saturated heterocycles. The van der Waals surface area contributed by atoms with Crippen molar-refractivity contribution < 1.29 is 27.8 Å². The molecular formula is C21H22F3N3O3. The number of alkyl halides is 3. The molecule has 3 unspecified atom stereocenters. The number of nitrogens with two attached hydrogens (primary N) is 1. The number of nitrogens with zero attached hydrogens (tertiary/aromatic N) is 1. The summed E-state index contributed by atoms with van der Waals surface area (Å²) in [5, 5.41) is 13.4. The number of halogens is 3. The molecule has 2 aromatic carbocycles. The van der Waals surface area contributed by atoms with Crippen molar-refractivity contribution in [1.29, 1.82) is 0 Å². The van der Waals surface area contributed by atoms with Crippen molar-refractivity contribution in [3.8, 4) is 0 Å². The standard InChI is InChI=1S/C21H22F3N3O3/c1-12(26-11-17(28)15-3-2-4-16(10-15)21(22,23)24)9-13-5-7-14(8-6-13)18-19(29)27-20(25)30-18/h2-8,10,12,17-18,26,28H,9,11H2,1H3,(H2,25,27,29). The topological polar surface area (TPSA) is 96.9 Å². The zero-order valence-corrected chi connectivity index (χ0v) is 16.2. The zero-order chi connectivity index (χ0) is 21.9.